The van der Waals surface area contributed by atoms with Gasteiger partial charge in [-0.05, 0) is 18.9 Å². The number of benzene rings is 1. The second-order valence-electron chi connectivity index (χ2n) is 5.26. The number of carbonyl (C=O) groups excluding carboxylic acids is 3. The summed E-state index contributed by atoms with van der Waals surface area (Å²) in [6, 6.07) is 7.27. The summed E-state index contributed by atoms with van der Waals surface area (Å²) in [7, 11) is 0. The molecule has 5 nitrogen and oxygen atoms in total. The fourth-order valence-electron chi connectivity index (χ4n) is 2.49. The Morgan fingerprint density at radius 3 is 2.38 bits per heavy atom. The van der Waals surface area contributed by atoms with Crippen molar-refractivity contribution in [1.82, 2.24) is 9.80 Å². The highest BCUT2D eigenvalue weighted by Gasteiger charge is 2.33. The Balaban J connectivity index is 2.04. The van der Waals surface area contributed by atoms with Crippen molar-refractivity contribution in [3.05, 3.63) is 35.4 Å². The van der Waals surface area contributed by atoms with Crippen LogP contribution in [0.3, 0.4) is 0 Å². The fourth-order valence-corrected chi connectivity index (χ4v) is 2.49. The molecule has 0 bridgehead atoms. The van der Waals surface area contributed by atoms with Crippen LogP contribution in [-0.4, -0.2) is 53.6 Å². The Hall–Kier alpha value is -2.17. The minimum atomic E-state index is -0.573. The smallest absolute Gasteiger partial charge is 0.312 e. The van der Waals surface area contributed by atoms with E-state index in [2.05, 4.69) is 0 Å². The fraction of sp³-hybridized carbons (Fsp3) is 0.438. The number of ketones is 1. The van der Waals surface area contributed by atoms with Crippen LogP contribution in [-0.2, 0) is 9.59 Å². The third kappa shape index (κ3) is 3.29. The van der Waals surface area contributed by atoms with Crippen molar-refractivity contribution in [2.45, 2.75) is 20.3 Å². The number of Topliss-reactive ketones (excluding diaryl/α,β-unsaturated/α-hetero) is 1. The van der Waals surface area contributed by atoms with E-state index in [0.717, 1.165) is 12.0 Å². The molecule has 0 aromatic heterocycles. The first-order chi connectivity index (χ1) is 10.0. The van der Waals surface area contributed by atoms with Gasteiger partial charge in [0.05, 0.1) is 6.54 Å². The molecule has 0 spiro atoms. The van der Waals surface area contributed by atoms with Crippen LogP contribution in [0.5, 0.6) is 0 Å². The van der Waals surface area contributed by atoms with Crippen molar-refractivity contribution in [3.8, 4) is 0 Å². The zero-order chi connectivity index (χ0) is 15.4. The van der Waals surface area contributed by atoms with Crippen molar-refractivity contribution in [2.75, 3.05) is 26.2 Å². The van der Waals surface area contributed by atoms with Crippen LogP contribution in [0.2, 0.25) is 0 Å². The number of hydrogen-bond donors (Lipinski definition) is 0. The Kier molecular flexibility index (Phi) is 4.73. The number of rotatable bonds is 5. The lowest BCUT2D eigenvalue weighted by molar-refractivity contribution is -0.155. The molecule has 1 aromatic carbocycles. The maximum Gasteiger partial charge on any atom is 0.312 e. The molecule has 0 saturated carbocycles. The van der Waals surface area contributed by atoms with Gasteiger partial charge in [-0.15, -0.1) is 0 Å². The Bertz CT molecular complexity index is 568. The zero-order valence-electron chi connectivity index (χ0n) is 12.5. The summed E-state index contributed by atoms with van der Waals surface area (Å²) in [6.07, 6.45) is 0.821. The van der Waals surface area contributed by atoms with E-state index in [4.69, 9.17) is 0 Å². The lowest BCUT2D eigenvalue weighted by atomic mass is 10.0. The van der Waals surface area contributed by atoms with E-state index in [1.54, 1.807) is 17.0 Å². The largest absolute Gasteiger partial charge is 0.333 e. The molecule has 0 aliphatic carbocycles. The average molecular weight is 288 g/mol. The molecule has 21 heavy (non-hydrogen) atoms. The average Bonchev–Trinajstić information content (AvgIpc) is 2.47. The van der Waals surface area contributed by atoms with Gasteiger partial charge in [0.2, 0.25) is 0 Å². The third-order valence-corrected chi connectivity index (χ3v) is 3.67. The van der Waals surface area contributed by atoms with Crippen molar-refractivity contribution in [2.24, 2.45) is 0 Å². The SMILES string of the molecule is CCCN1CCN(CC(=O)c2ccccc2C)C(=O)C1=O. The van der Waals surface area contributed by atoms with Crippen LogP contribution in [0, 0.1) is 6.92 Å². The predicted octanol–water partition coefficient (Wildman–Crippen LogP) is 1.26. The van der Waals surface area contributed by atoms with Crippen LogP contribution in [0.25, 0.3) is 0 Å². The van der Waals surface area contributed by atoms with Gasteiger partial charge in [-0.1, -0.05) is 31.2 Å². The highest BCUT2D eigenvalue weighted by molar-refractivity contribution is 6.35. The van der Waals surface area contributed by atoms with E-state index in [0.29, 0.717) is 25.2 Å². The van der Waals surface area contributed by atoms with Crippen LogP contribution in [0.1, 0.15) is 29.3 Å². The van der Waals surface area contributed by atoms with Crippen molar-refractivity contribution in [3.63, 3.8) is 0 Å². The molecule has 1 fully saturated rings. The first kappa shape index (κ1) is 15.2. The third-order valence-electron chi connectivity index (χ3n) is 3.67. The van der Waals surface area contributed by atoms with Crippen molar-refractivity contribution in [1.29, 1.82) is 0 Å². The second kappa shape index (κ2) is 6.52. The molecule has 5 heteroatoms. The Labute approximate surface area is 124 Å². The maximum absolute atomic E-state index is 12.3. The minimum absolute atomic E-state index is 0.0323. The molecular formula is C16H20N2O3. The van der Waals surface area contributed by atoms with Gasteiger partial charge >= 0.3 is 11.8 Å². The summed E-state index contributed by atoms with van der Waals surface area (Å²) in [5.41, 5.74) is 1.49. The number of piperazine rings is 1. The standard InChI is InChI=1S/C16H20N2O3/c1-3-8-17-9-10-18(16(21)15(17)20)11-14(19)13-7-5-4-6-12(13)2/h4-7H,3,8-11H2,1-2H3. The first-order valence-corrected chi connectivity index (χ1v) is 7.21. The Morgan fingerprint density at radius 2 is 1.71 bits per heavy atom. The molecule has 1 heterocycles. The number of nitrogens with zero attached hydrogens (tertiary/aromatic N) is 2. The van der Waals surface area contributed by atoms with Gasteiger partial charge in [0.15, 0.2) is 5.78 Å². The summed E-state index contributed by atoms with van der Waals surface area (Å²) < 4.78 is 0. The van der Waals surface area contributed by atoms with Crippen molar-refractivity contribution < 1.29 is 14.4 Å². The highest BCUT2D eigenvalue weighted by atomic mass is 16.2. The molecule has 1 aliphatic rings. The van der Waals surface area contributed by atoms with Gasteiger partial charge in [0.25, 0.3) is 0 Å². The molecular weight excluding hydrogens is 268 g/mol. The van der Waals surface area contributed by atoms with E-state index < -0.39 is 11.8 Å². The normalized spacial score (nSPS) is 15.5. The molecule has 112 valence electrons. The number of carbonyl (C=O) groups is 3. The van der Waals surface area contributed by atoms with Crippen LogP contribution in [0.15, 0.2) is 24.3 Å². The topological polar surface area (TPSA) is 57.7 Å². The molecule has 0 N–H and O–H groups in total. The summed E-state index contributed by atoms with van der Waals surface area (Å²) in [5.74, 6) is -1.20. The summed E-state index contributed by atoms with van der Waals surface area (Å²) in [5, 5.41) is 0. The molecule has 1 aromatic rings. The molecule has 1 saturated heterocycles. The van der Waals surface area contributed by atoms with E-state index >= 15 is 0 Å². The van der Waals surface area contributed by atoms with Gasteiger partial charge in [0.1, 0.15) is 0 Å². The second-order valence-corrected chi connectivity index (χ2v) is 5.26. The van der Waals surface area contributed by atoms with Gasteiger partial charge in [-0.3, -0.25) is 14.4 Å². The molecule has 0 radical (unpaired) electrons. The quantitative estimate of drug-likeness (QED) is 0.605. The van der Waals surface area contributed by atoms with Gasteiger partial charge < -0.3 is 9.80 Å². The first-order valence-electron chi connectivity index (χ1n) is 7.21. The summed E-state index contributed by atoms with van der Waals surface area (Å²) in [6.45, 7) is 5.30. The molecule has 0 unspecified atom stereocenters. The monoisotopic (exact) mass is 288 g/mol. The molecule has 2 rings (SSSR count). The summed E-state index contributed by atoms with van der Waals surface area (Å²) in [4.78, 5) is 39.2. The number of amides is 2. The number of aryl methyl sites for hydroxylation is 1. The Morgan fingerprint density at radius 1 is 1.10 bits per heavy atom. The molecule has 2 amide bonds. The zero-order valence-corrected chi connectivity index (χ0v) is 12.5. The lowest BCUT2D eigenvalue weighted by Crippen LogP contribution is -2.55. The predicted molar refractivity (Wildman–Crippen MR) is 79.0 cm³/mol. The summed E-state index contributed by atoms with van der Waals surface area (Å²) >= 11 is 0. The van der Waals surface area contributed by atoms with Crippen molar-refractivity contribution >= 4 is 17.6 Å². The van der Waals surface area contributed by atoms with Gasteiger partial charge in [0, 0.05) is 25.2 Å². The maximum atomic E-state index is 12.3. The van der Waals surface area contributed by atoms with Gasteiger partial charge in [-0.2, -0.15) is 0 Å². The van der Waals surface area contributed by atoms with Crippen LogP contribution in [0.4, 0.5) is 0 Å². The van der Waals surface area contributed by atoms with E-state index in [-0.39, 0.29) is 12.3 Å². The van der Waals surface area contributed by atoms with Crippen LogP contribution < -0.4 is 0 Å². The molecule has 1 aliphatic heterocycles. The number of hydrogen-bond acceptors (Lipinski definition) is 3. The minimum Gasteiger partial charge on any atom is -0.333 e. The van der Waals surface area contributed by atoms with E-state index in [9.17, 15) is 14.4 Å². The lowest BCUT2D eigenvalue weighted by Gasteiger charge is -2.33. The molecule has 0 atom stereocenters. The van der Waals surface area contributed by atoms with E-state index in [1.807, 2.05) is 26.0 Å². The van der Waals surface area contributed by atoms with E-state index in [1.165, 1.54) is 4.90 Å². The van der Waals surface area contributed by atoms with Gasteiger partial charge in [-0.25, -0.2) is 0 Å². The van der Waals surface area contributed by atoms with Crippen LogP contribution >= 0.6 is 0 Å². The highest BCUT2D eigenvalue weighted by Crippen LogP contribution is 2.11.